The topological polar surface area (TPSA) is 65.2 Å². The molecule has 4 nitrogen and oxygen atoms in total. The van der Waals surface area contributed by atoms with Crippen LogP contribution in [0.1, 0.15) is 18.4 Å². The third kappa shape index (κ3) is 2.50. The first-order valence-electron chi connectivity index (χ1n) is 3.82. The molecule has 0 bridgehead atoms. The van der Waals surface area contributed by atoms with E-state index in [1.54, 1.807) is 13.1 Å². The summed E-state index contributed by atoms with van der Waals surface area (Å²) >= 11 is 1.44. The summed E-state index contributed by atoms with van der Waals surface area (Å²) < 4.78 is 4.54. The van der Waals surface area contributed by atoms with Gasteiger partial charge >= 0.3 is 5.97 Å². The molecule has 0 spiro atoms. The summed E-state index contributed by atoms with van der Waals surface area (Å²) in [5.41, 5.74) is 5.19. The highest BCUT2D eigenvalue weighted by Crippen LogP contribution is 2.23. The summed E-state index contributed by atoms with van der Waals surface area (Å²) in [4.78, 5) is 15.1. The van der Waals surface area contributed by atoms with E-state index >= 15 is 0 Å². The zero-order valence-corrected chi connectivity index (χ0v) is 8.43. The molecule has 2 N–H and O–H groups in total. The van der Waals surface area contributed by atoms with Gasteiger partial charge in [0.05, 0.1) is 19.1 Å². The van der Waals surface area contributed by atoms with E-state index in [1.165, 1.54) is 18.4 Å². The van der Waals surface area contributed by atoms with Crippen LogP contribution in [0.2, 0.25) is 0 Å². The zero-order valence-electron chi connectivity index (χ0n) is 7.61. The van der Waals surface area contributed by atoms with Crippen LogP contribution in [-0.4, -0.2) is 18.1 Å². The molecule has 0 aliphatic heterocycles. The van der Waals surface area contributed by atoms with Gasteiger partial charge in [0.1, 0.15) is 5.01 Å². The number of aromatic nitrogens is 1. The molecule has 1 aromatic rings. The highest BCUT2D eigenvalue weighted by molar-refractivity contribution is 7.09. The van der Waals surface area contributed by atoms with Crippen LogP contribution in [0, 0.1) is 0 Å². The van der Waals surface area contributed by atoms with Gasteiger partial charge in [0.15, 0.2) is 0 Å². The molecule has 0 fully saturated rings. The van der Waals surface area contributed by atoms with Gasteiger partial charge in [-0.25, -0.2) is 4.98 Å². The lowest BCUT2D eigenvalue weighted by molar-refractivity contribution is -0.141. The Balaban J connectivity index is 2.72. The second kappa shape index (κ2) is 3.85. The number of methoxy groups -OCH3 is 1. The number of rotatable bonds is 3. The molecular weight excluding hydrogens is 188 g/mol. The largest absolute Gasteiger partial charge is 0.469 e. The predicted octanol–water partition coefficient (Wildman–Crippen LogP) is 0.880. The molecule has 1 rings (SSSR count). The summed E-state index contributed by atoms with van der Waals surface area (Å²) in [7, 11) is 1.35. The van der Waals surface area contributed by atoms with Crippen molar-refractivity contribution in [2.24, 2.45) is 5.73 Å². The van der Waals surface area contributed by atoms with Gasteiger partial charge in [0.2, 0.25) is 0 Å². The van der Waals surface area contributed by atoms with E-state index in [4.69, 9.17) is 5.73 Å². The third-order valence-electron chi connectivity index (χ3n) is 1.66. The SMILES string of the molecule is COC(=O)C[C@](C)(N)c1nccs1. The highest BCUT2D eigenvalue weighted by Gasteiger charge is 2.27. The molecule has 72 valence electrons. The number of hydrogen-bond acceptors (Lipinski definition) is 5. The number of nitrogens with two attached hydrogens (primary N) is 1. The Morgan fingerprint density at radius 2 is 2.54 bits per heavy atom. The Kier molecular flexibility index (Phi) is 3.00. The lowest BCUT2D eigenvalue weighted by Gasteiger charge is -2.19. The number of esters is 1. The molecule has 0 aliphatic carbocycles. The number of nitrogens with zero attached hydrogens (tertiary/aromatic N) is 1. The molecule has 0 radical (unpaired) electrons. The Bertz CT molecular complexity index is 282. The fourth-order valence-corrected chi connectivity index (χ4v) is 1.67. The van der Waals surface area contributed by atoms with E-state index in [0.29, 0.717) is 0 Å². The molecule has 0 saturated heterocycles. The predicted molar refractivity (Wildman–Crippen MR) is 50.3 cm³/mol. The standard InChI is InChI=1S/C8H12N2O2S/c1-8(9,5-6(11)12-2)7-10-3-4-13-7/h3-4H,5,9H2,1-2H3/t8-/m0/s1. The van der Waals surface area contributed by atoms with Crippen LogP contribution in [0.15, 0.2) is 11.6 Å². The Labute approximate surface area is 80.7 Å². The van der Waals surface area contributed by atoms with Crippen LogP contribution in [0.4, 0.5) is 0 Å². The average molecular weight is 200 g/mol. The first-order valence-corrected chi connectivity index (χ1v) is 4.70. The molecular formula is C8H12N2O2S. The number of carbonyl (C=O) groups is 1. The number of carbonyl (C=O) groups excluding carboxylic acids is 1. The second-order valence-electron chi connectivity index (χ2n) is 3.01. The van der Waals surface area contributed by atoms with Crippen LogP contribution in [0.3, 0.4) is 0 Å². The highest BCUT2D eigenvalue weighted by atomic mass is 32.1. The van der Waals surface area contributed by atoms with Crippen molar-refractivity contribution in [1.29, 1.82) is 0 Å². The second-order valence-corrected chi connectivity index (χ2v) is 3.90. The van der Waals surface area contributed by atoms with Gasteiger partial charge in [-0.3, -0.25) is 4.79 Å². The van der Waals surface area contributed by atoms with Gasteiger partial charge in [0.25, 0.3) is 0 Å². The molecule has 0 saturated carbocycles. The maximum Gasteiger partial charge on any atom is 0.307 e. The molecule has 0 unspecified atom stereocenters. The average Bonchev–Trinajstić information content (AvgIpc) is 2.55. The van der Waals surface area contributed by atoms with E-state index in [2.05, 4.69) is 9.72 Å². The van der Waals surface area contributed by atoms with Crippen molar-refractivity contribution in [2.75, 3.05) is 7.11 Å². The molecule has 0 amide bonds. The number of ether oxygens (including phenoxy) is 1. The van der Waals surface area contributed by atoms with Crippen LogP contribution in [0.25, 0.3) is 0 Å². The van der Waals surface area contributed by atoms with Crippen molar-refractivity contribution in [3.8, 4) is 0 Å². The fourth-order valence-electron chi connectivity index (χ4n) is 0.953. The van der Waals surface area contributed by atoms with Crippen molar-refractivity contribution in [1.82, 2.24) is 4.98 Å². The minimum Gasteiger partial charge on any atom is -0.469 e. The van der Waals surface area contributed by atoms with E-state index in [9.17, 15) is 4.79 Å². The van der Waals surface area contributed by atoms with Crippen LogP contribution < -0.4 is 5.73 Å². The molecule has 5 heteroatoms. The summed E-state index contributed by atoms with van der Waals surface area (Å²) in [6.07, 6.45) is 1.82. The molecule has 1 aromatic heterocycles. The van der Waals surface area contributed by atoms with Crippen molar-refractivity contribution in [2.45, 2.75) is 18.9 Å². The molecule has 1 heterocycles. The maximum atomic E-state index is 11.0. The van der Waals surface area contributed by atoms with Gasteiger partial charge in [-0.2, -0.15) is 0 Å². The summed E-state index contributed by atoms with van der Waals surface area (Å²) in [5.74, 6) is -0.319. The molecule has 1 atom stereocenters. The van der Waals surface area contributed by atoms with E-state index in [0.717, 1.165) is 5.01 Å². The lowest BCUT2D eigenvalue weighted by Crippen LogP contribution is -2.35. The van der Waals surface area contributed by atoms with Crippen molar-refractivity contribution >= 4 is 17.3 Å². The number of hydrogen-bond donors (Lipinski definition) is 1. The minimum atomic E-state index is -0.721. The van der Waals surface area contributed by atoms with E-state index in [-0.39, 0.29) is 12.4 Å². The maximum absolute atomic E-state index is 11.0. The summed E-state index contributed by atoms with van der Waals surface area (Å²) in [6.45, 7) is 1.77. The summed E-state index contributed by atoms with van der Waals surface area (Å²) in [5, 5.41) is 2.58. The van der Waals surface area contributed by atoms with Gasteiger partial charge < -0.3 is 10.5 Å². The Hall–Kier alpha value is -0.940. The van der Waals surface area contributed by atoms with Crippen molar-refractivity contribution < 1.29 is 9.53 Å². The molecule has 0 aliphatic rings. The first-order chi connectivity index (χ1) is 6.06. The van der Waals surface area contributed by atoms with Crippen LogP contribution in [-0.2, 0) is 15.1 Å². The van der Waals surface area contributed by atoms with Crippen molar-refractivity contribution in [3.63, 3.8) is 0 Å². The first kappa shape index (κ1) is 10.1. The van der Waals surface area contributed by atoms with Gasteiger partial charge in [0, 0.05) is 11.6 Å². The minimum absolute atomic E-state index is 0.150. The molecule has 13 heavy (non-hydrogen) atoms. The van der Waals surface area contributed by atoms with Crippen LogP contribution >= 0.6 is 11.3 Å². The monoisotopic (exact) mass is 200 g/mol. The summed E-state index contributed by atoms with van der Waals surface area (Å²) in [6, 6.07) is 0. The van der Waals surface area contributed by atoms with Crippen LogP contribution in [0.5, 0.6) is 0 Å². The van der Waals surface area contributed by atoms with E-state index in [1.807, 2.05) is 5.38 Å². The zero-order chi connectivity index (χ0) is 9.90. The molecule has 0 aromatic carbocycles. The van der Waals surface area contributed by atoms with Gasteiger partial charge in [-0.15, -0.1) is 11.3 Å². The lowest BCUT2D eigenvalue weighted by atomic mass is 10.0. The number of thiazole rings is 1. The van der Waals surface area contributed by atoms with Gasteiger partial charge in [-0.1, -0.05) is 0 Å². The van der Waals surface area contributed by atoms with E-state index < -0.39 is 5.54 Å². The smallest absolute Gasteiger partial charge is 0.307 e. The Morgan fingerprint density at radius 1 is 1.85 bits per heavy atom. The third-order valence-corrected chi connectivity index (χ3v) is 2.71. The fraction of sp³-hybridized carbons (Fsp3) is 0.500. The van der Waals surface area contributed by atoms with Crippen molar-refractivity contribution in [3.05, 3.63) is 16.6 Å². The van der Waals surface area contributed by atoms with Gasteiger partial charge in [-0.05, 0) is 6.92 Å². The Morgan fingerprint density at radius 3 is 3.00 bits per heavy atom. The quantitative estimate of drug-likeness (QED) is 0.735. The normalized spacial score (nSPS) is 15.0.